The van der Waals surface area contributed by atoms with Crippen molar-refractivity contribution in [1.29, 1.82) is 0 Å². The van der Waals surface area contributed by atoms with Crippen molar-refractivity contribution >= 4 is 18.1 Å². The van der Waals surface area contributed by atoms with Gasteiger partial charge in [0.05, 0.1) is 12.0 Å². The van der Waals surface area contributed by atoms with E-state index in [1.165, 1.54) is 0 Å². The first-order chi connectivity index (χ1) is 4.13. The molecule has 0 aromatic heterocycles. The van der Waals surface area contributed by atoms with Gasteiger partial charge >= 0.3 is 6.09 Å². The van der Waals surface area contributed by atoms with Crippen LogP contribution in [0.25, 0.3) is 0 Å². The summed E-state index contributed by atoms with van der Waals surface area (Å²) in [7, 11) is 0. The summed E-state index contributed by atoms with van der Waals surface area (Å²) >= 11 is 1.09. The van der Waals surface area contributed by atoms with E-state index >= 15 is 0 Å². The van der Waals surface area contributed by atoms with Crippen LogP contribution in [-0.2, 0) is 4.18 Å². The van der Waals surface area contributed by atoms with Crippen molar-refractivity contribution in [2.24, 2.45) is 11.7 Å². The molecule has 0 spiro atoms. The fourth-order valence-corrected chi connectivity index (χ4v) is 0.685. The van der Waals surface area contributed by atoms with Gasteiger partial charge in [0.1, 0.15) is 0 Å². The fraction of sp³-hybridized carbons (Fsp3) is 0.800. The van der Waals surface area contributed by atoms with Gasteiger partial charge in [0.2, 0.25) is 0 Å². The molecule has 0 aliphatic carbocycles. The van der Waals surface area contributed by atoms with Gasteiger partial charge in [-0.1, -0.05) is 13.8 Å². The summed E-state index contributed by atoms with van der Waals surface area (Å²) in [5.74, 6) is 1.32. The Hall–Kier alpha value is -0.380. The average Bonchev–Trinajstić information content (AvgIpc) is 1.63. The Bertz CT molecular complexity index is 95.0. The molecule has 9 heavy (non-hydrogen) atoms. The minimum absolute atomic E-state index is 0.523. The molecule has 2 N–H and O–H groups in total. The van der Waals surface area contributed by atoms with E-state index in [2.05, 4.69) is 4.18 Å². The number of nitrogens with two attached hydrogens (primary N) is 1. The van der Waals surface area contributed by atoms with Crippen LogP contribution >= 0.6 is 12.0 Å². The molecular weight excluding hydrogens is 138 g/mol. The summed E-state index contributed by atoms with van der Waals surface area (Å²) in [5.41, 5.74) is 4.70. The van der Waals surface area contributed by atoms with Crippen molar-refractivity contribution in [2.75, 3.05) is 5.75 Å². The van der Waals surface area contributed by atoms with Crippen LogP contribution in [0.4, 0.5) is 4.79 Å². The van der Waals surface area contributed by atoms with Crippen LogP contribution in [0, 0.1) is 5.92 Å². The topological polar surface area (TPSA) is 52.3 Å². The first-order valence-electron chi connectivity index (χ1n) is 2.72. The first kappa shape index (κ1) is 8.62. The van der Waals surface area contributed by atoms with Crippen LogP contribution in [0.2, 0.25) is 0 Å². The molecule has 0 aromatic rings. The SMILES string of the molecule is CC(C)CSOC(N)=O. The molecule has 0 heterocycles. The zero-order chi connectivity index (χ0) is 7.28. The van der Waals surface area contributed by atoms with E-state index in [1.807, 2.05) is 13.8 Å². The summed E-state index contributed by atoms with van der Waals surface area (Å²) in [6, 6.07) is 0. The molecule has 0 aliphatic rings. The van der Waals surface area contributed by atoms with Crippen molar-refractivity contribution in [3.05, 3.63) is 0 Å². The van der Waals surface area contributed by atoms with Gasteiger partial charge in [-0.05, 0) is 5.92 Å². The van der Waals surface area contributed by atoms with E-state index < -0.39 is 6.09 Å². The molecule has 0 aromatic carbocycles. The molecule has 0 saturated heterocycles. The van der Waals surface area contributed by atoms with Crippen LogP contribution in [-0.4, -0.2) is 11.8 Å². The molecule has 0 saturated carbocycles. The minimum Gasteiger partial charge on any atom is -0.375 e. The zero-order valence-electron chi connectivity index (χ0n) is 5.59. The van der Waals surface area contributed by atoms with Crippen LogP contribution in [0.3, 0.4) is 0 Å². The Morgan fingerprint density at radius 1 is 1.78 bits per heavy atom. The molecule has 0 fully saturated rings. The predicted octanol–water partition coefficient (Wildman–Crippen LogP) is 1.39. The summed E-state index contributed by atoms with van der Waals surface area (Å²) in [5, 5.41) is 0. The Balaban J connectivity index is 3.01. The fourth-order valence-electron chi connectivity index (χ4n) is 0.228. The quantitative estimate of drug-likeness (QED) is 0.617. The van der Waals surface area contributed by atoms with Crippen LogP contribution in [0.5, 0.6) is 0 Å². The lowest BCUT2D eigenvalue weighted by atomic mass is 10.3. The number of rotatable bonds is 3. The molecule has 0 radical (unpaired) electrons. The van der Waals surface area contributed by atoms with Crippen LogP contribution in [0.15, 0.2) is 0 Å². The normalized spacial score (nSPS) is 9.67. The largest absolute Gasteiger partial charge is 0.416 e. The molecule has 4 heteroatoms. The minimum atomic E-state index is -0.722. The van der Waals surface area contributed by atoms with Gasteiger partial charge in [-0.15, -0.1) is 0 Å². The predicted molar refractivity (Wildman–Crippen MR) is 38.0 cm³/mol. The smallest absolute Gasteiger partial charge is 0.375 e. The lowest BCUT2D eigenvalue weighted by Crippen LogP contribution is -2.09. The monoisotopic (exact) mass is 149 g/mol. The number of carbonyl (C=O) groups is 1. The lowest BCUT2D eigenvalue weighted by molar-refractivity contribution is 0.218. The van der Waals surface area contributed by atoms with E-state index in [0.717, 1.165) is 17.8 Å². The van der Waals surface area contributed by atoms with Crippen LogP contribution in [0.1, 0.15) is 13.8 Å². The van der Waals surface area contributed by atoms with E-state index in [0.29, 0.717) is 5.92 Å². The highest BCUT2D eigenvalue weighted by atomic mass is 32.2. The summed E-state index contributed by atoms with van der Waals surface area (Å²) in [6.07, 6.45) is -0.722. The second-order valence-electron chi connectivity index (χ2n) is 2.08. The maximum absolute atomic E-state index is 9.96. The third-order valence-corrected chi connectivity index (χ3v) is 1.63. The molecule has 1 amide bonds. The zero-order valence-corrected chi connectivity index (χ0v) is 6.40. The van der Waals surface area contributed by atoms with Crippen LogP contribution < -0.4 is 5.73 Å². The standard InChI is InChI=1S/C5H11NO2S/c1-4(2)3-9-8-5(6)7/h4H,3H2,1-2H3,(H2,6,7). The van der Waals surface area contributed by atoms with Crippen molar-refractivity contribution in [1.82, 2.24) is 0 Å². The van der Waals surface area contributed by atoms with Gasteiger partial charge in [0.25, 0.3) is 0 Å². The maximum Gasteiger partial charge on any atom is 0.416 e. The Morgan fingerprint density at radius 2 is 2.33 bits per heavy atom. The van der Waals surface area contributed by atoms with Crippen molar-refractivity contribution in [2.45, 2.75) is 13.8 Å². The highest BCUT2D eigenvalue weighted by molar-refractivity contribution is 7.95. The van der Waals surface area contributed by atoms with E-state index in [1.54, 1.807) is 0 Å². The summed E-state index contributed by atoms with van der Waals surface area (Å²) in [6.45, 7) is 4.08. The molecule has 3 nitrogen and oxygen atoms in total. The second-order valence-corrected chi connectivity index (χ2v) is 2.82. The number of hydrogen-bond acceptors (Lipinski definition) is 3. The van der Waals surface area contributed by atoms with Gasteiger partial charge in [0.15, 0.2) is 0 Å². The molecule has 0 bridgehead atoms. The molecule has 0 aliphatic heterocycles. The second kappa shape index (κ2) is 4.49. The number of primary amides is 1. The van der Waals surface area contributed by atoms with Crippen molar-refractivity contribution < 1.29 is 8.98 Å². The Kier molecular flexibility index (Phi) is 4.30. The third kappa shape index (κ3) is 7.62. The van der Waals surface area contributed by atoms with E-state index in [-0.39, 0.29) is 0 Å². The van der Waals surface area contributed by atoms with E-state index in [9.17, 15) is 4.79 Å². The van der Waals surface area contributed by atoms with Gasteiger partial charge in [-0.3, -0.25) is 0 Å². The summed E-state index contributed by atoms with van der Waals surface area (Å²) in [4.78, 5) is 9.96. The van der Waals surface area contributed by atoms with E-state index in [4.69, 9.17) is 5.73 Å². The molecular formula is C5H11NO2S. The van der Waals surface area contributed by atoms with Gasteiger partial charge in [-0.25, -0.2) is 4.79 Å². The molecule has 0 atom stereocenters. The first-order valence-corrected chi connectivity index (χ1v) is 3.63. The third-order valence-electron chi connectivity index (χ3n) is 0.542. The highest BCUT2D eigenvalue weighted by Gasteiger charge is 1.97. The molecule has 54 valence electrons. The highest BCUT2D eigenvalue weighted by Crippen LogP contribution is 2.07. The summed E-state index contributed by atoms with van der Waals surface area (Å²) < 4.78 is 4.41. The number of hydrogen-bond donors (Lipinski definition) is 1. The lowest BCUT2D eigenvalue weighted by Gasteiger charge is -2.00. The Morgan fingerprint density at radius 3 is 2.67 bits per heavy atom. The van der Waals surface area contributed by atoms with Gasteiger partial charge < -0.3 is 9.92 Å². The molecule has 0 unspecified atom stereocenters. The van der Waals surface area contributed by atoms with Gasteiger partial charge in [0, 0.05) is 5.75 Å². The number of carbonyl (C=O) groups excluding carboxylic acids is 1. The molecule has 0 rings (SSSR count). The Labute approximate surface area is 59.1 Å². The average molecular weight is 149 g/mol. The van der Waals surface area contributed by atoms with Crippen molar-refractivity contribution in [3.8, 4) is 0 Å². The maximum atomic E-state index is 9.96. The van der Waals surface area contributed by atoms with Crippen molar-refractivity contribution in [3.63, 3.8) is 0 Å². The van der Waals surface area contributed by atoms with Gasteiger partial charge in [-0.2, -0.15) is 0 Å². The number of amides is 1.